The number of benzene rings is 1. The van der Waals surface area contributed by atoms with Gasteiger partial charge in [-0.1, -0.05) is 17.7 Å². The second kappa shape index (κ2) is 7.61. The summed E-state index contributed by atoms with van der Waals surface area (Å²) >= 11 is 6.12. The van der Waals surface area contributed by atoms with Crippen LogP contribution in [-0.2, 0) is 6.54 Å². The number of halogens is 1. The first-order chi connectivity index (χ1) is 11.7. The molecule has 0 unspecified atom stereocenters. The Kier molecular flexibility index (Phi) is 5.08. The molecule has 1 aromatic carbocycles. The molecule has 2 aromatic heterocycles. The lowest BCUT2D eigenvalue weighted by Crippen LogP contribution is -2.05. The van der Waals surface area contributed by atoms with Gasteiger partial charge in [-0.15, -0.1) is 0 Å². The van der Waals surface area contributed by atoms with Gasteiger partial charge in [0.05, 0.1) is 24.4 Å². The summed E-state index contributed by atoms with van der Waals surface area (Å²) in [5.74, 6) is 1.80. The number of anilines is 3. The number of nitrogens with one attached hydrogen (secondary N) is 2. The number of pyridine rings is 1. The van der Waals surface area contributed by atoms with E-state index in [0.717, 1.165) is 11.4 Å². The monoisotopic (exact) mass is 341 g/mol. The van der Waals surface area contributed by atoms with E-state index in [1.165, 1.54) is 0 Å². The van der Waals surface area contributed by atoms with Gasteiger partial charge in [0.15, 0.2) is 0 Å². The van der Waals surface area contributed by atoms with Crippen molar-refractivity contribution in [2.45, 2.75) is 6.54 Å². The van der Waals surface area contributed by atoms with Crippen molar-refractivity contribution >= 4 is 29.1 Å². The summed E-state index contributed by atoms with van der Waals surface area (Å²) in [5.41, 5.74) is 1.72. The minimum Gasteiger partial charge on any atom is -0.495 e. The molecule has 2 N–H and O–H groups in total. The number of aromatic nitrogens is 3. The highest BCUT2D eigenvalue weighted by molar-refractivity contribution is 6.32. The lowest BCUT2D eigenvalue weighted by molar-refractivity contribution is 0.415. The summed E-state index contributed by atoms with van der Waals surface area (Å²) in [4.78, 5) is 12.9. The van der Waals surface area contributed by atoms with Crippen LogP contribution < -0.4 is 15.4 Å². The van der Waals surface area contributed by atoms with Crippen molar-refractivity contribution < 1.29 is 4.74 Å². The minimum absolute atomic E-state index is 0.474. The smallest absolute Gasteiger partial charge is 0.229 e. The van der Waals surface area contributed by atoms with Gasteiger partial charge in [-0.05, 0) is 36.4 Å². The van der Waals surface area contributed by atoms with Crippen LogP contribution in [0, 0.1) is 0 Å². The highest BCUT2D eigenvalue weighted by Crippen LogP contribution is 2.28. The van der Waals surface area contributed by atoms with Gasteiger partial charge < -0.3 is 15.4 Å². The molecule has 0 saturated carbocycles. The molecule has 3 aromatic rings. The first kappa shape index (κ1) is 16.0. The number of hydrogen-bond acceptors (Lipinski definition) is 6. The van der Waals surface area contributed by atoms with E-state index in [9.17, 15) is 0 Å². The van der Waals surface area contributed by atoms with Gasteiger partial charge in [-0.3, -0.25) is 4.98 Å². The molecule has 122 valence electrons. The van der Waals surface area contributed by atoms with Crippen molar-refractivity contribution in [1.29, 1.82) is 0 Å². The van der Waals surface area contributed by atoms with Crippen LogP contribution in [0.15, 0.2) is 54.9 Å². The van der Waals surface area contributed by atoms with Crippen molar-refractivity contribution in [2.24, 2.45) is 0 Å². The van der Waals surface area contributed by atoms with Crippen LogP contribution in [0.25, 0.3) is 0 Å². The van der Waals surface area contributed by atoms with Crippen LogP contribution in [0.1, 0.15) is 5.69 Å². The summed E-state index contributed by atoms with van der Waals surface area (Å²) in [7, 11) is 1.58. The molecule has 0 fully saturated rings. The maximum Gasteiger partial charge on any atom is 0.229 e. The Hall–Kier alpha value is -2.86. The van der Waals surface area contributed by atoms with E-state index in [4.69, 9.17) is 16.3 Å². The van der Waals surface area contributed by atoms with E-state index < -0.39 is 0 Å². The Morgan fingerprint density at radius 3 is 2.75 bits per heavy atom. The van der Waals surface area contributed by atoms with Crippen LogP contribution in [-0.4, -0.2) is 22.1 Å². The van der Waals surface area contributed by atoms with Gasteiger partial charge in [0.25, 0.3) is 0 Å². The molecule has 6 nitrogen and oxygen atoms in total. The third-order valence-corrected chi connectivity index (χ3v) is 3.54. The zero-order valence-electron chi connectivity index (χ0n) is 13.0. The van der Waals surface area contributed by atoms with Gasteiger partial charge in [0.1, 0.15) is 11.6 Å². The topological polar surface area (TPSA) is 72.0 Å². The summed E-state index contributed by atoms with van der Waals surface area (Å²) in [5, 5.41) is 6.85. The van der Waals surface area contributed by atoms with Gasteiger partial charge >= 0.3 is 0 Å². The molecule has 0 aliphatic rings. The van der Waals surface area contributed by atoms with E-state index in [0.29, 0.717) is 29.1 Å². The number of hydrogen-bond donors (Lipinski definition) is 2. The molecule has 0 spiro atoms. The fourth-order valence-electron chi connectivity index (χ4n) is 2.07. The molecular weight excluding hydrogens is 326 g/mol. The van der Waals surface area contributed by atoms with Crippen molar-refractivity contribution in [3.05, 3.63) is 65.6 Å². The maximum atomic E-state index is 6.12. The van der Waals surface area contributed by atoms with E-state index in [2.05, 4.69) is 25.6 Å². The Labute approximate surface area is 144 Å². The summed E-state index contributed by atoms with van der Waals surface area (Å²) in [6.07, 6.45) is 3.44. The quantitative estimate of drug-likeness (QED) is 0.708. The first-order valence-electron chi connectivity index (χ1n) is 7.32. The van der Waals surface area contributed by atoms with Gasteiger partial charge in [0, 0.05) is 18.1 Å². The normalized spacial score (nSPS) is 10.2. The molecule has 2 heterocycles. The van der Waals surface area contributed by atoms with E-state index in [-0.39, 0.29) is 0 Å². The van der Waals surface area contributed by atoms with Gasteiger partial charge in [-0.2, -0.15) is 4.98 Å². The van der Waals surface area contributed by atoms with Crippen LogP contribution in [0.4, 0.5) is 17.5 Å². The minimum atomic E-state index is 0.474. The molecule has 0 radical (unpaired) electrons. The van der Waals surface area contributed by atoms with Crippen molar-refractivity contribution in [3.8, 4) is 5.75 Å². The standard InChI is InChI=1S/C17H16ClN5O/c1-24-15-6-5-12(10-14(15)18)22-17-20-9-7-16(23-17)21-11-13-4-2-3-8-19-13/h2-10H,11H2,1H3,(H2,20,21,22,23). The molecule has 0 aliphatic carbocycles. The number of methoxy groups -OCH3 is 1. The third-order valence-electron chi connectivity index (χ3n) is 3.24. The van der Waals surface area contributed by atoms with Crippen LogP contribution in [0.3, 0.4) is 0 Å². The number of nitrogens with zero attached hydrogens (tertiary/aromatic N) is 3. The highest BCUT2D eigenvalue weighted by Gasteiger charge is 2.04. The predicted octanol–water partition coefficient (Wildman–Crippen LogP) is 3.89. The van der Waals surface area contributed by atoms with Gasteiger partial charge in [-0.25, -0.2) is 4.98 Å². The number of ether oxygens (including phenoxy) is 1. The molecule has 0 atom stereocenters. The SMILES string of the molecule is COc1ccc(Nc2nccc(NCc3ccccn3)n2)cc1Cl. The molecule has 7 heteroatoms. The van der Waals surface area contributed by atoms with Crippen LogP contribution in [0.2, 0.25) is 5.02 Å². The fraction of sp³-hybridized carbons (Fsp3) is 0.118. The molecule has 3 rings (SSSR count). The zero-order chi connectivity index (χ0) is 16.8. The van der Waals surface area contributed by atoms with Gasteiger partial charge in [0.2, 0.25) is 5.95 Å². The summed E-state index contributed by atoms with van der Waals surface area (Å²) in [6, 6.07) is 13.0. The maximum absolute atomic E-state index is 6.12. The van der Waals surface area contributed by atoms with E-state index >= 15 is 0 Å². The number of rotatable bonds is 6. The van der Waals surface area contributed by atoms with Crippen molar-refractivity contribution in [1.82, 2.24) is 15.0 Å². The predicted molar refractivity (Wildman–Crippen MR) is 94.9 cm³/mol. The third kappa shape index (κ3) is 4.11. The Morgan fingerprint density at radius 1 is 1.08 bits per heavy atom. The van der Waals surface area contributed by atoms with Crippen molar-refractivity contribution in [3.63, 3.8) is 0 Å². The second-order valence-corrected chi connectivity index (χ2v) is 5.32. The molecule has 0 aliphatic heterocycles. The van der Waals surface area contributed by atoms with Crippen LogP contribution in [0.5, 0.6) is 5.75 Å². The Bertz CT molecular complexity index is 813. The lowest BCUT2D eigenvalue weighted by atomic mass is 10.3. The Morgan fingerprint density at radius 2 is 2.00 bits per heavy atom. The molecule has 0 bridgehead atoms. The fourth-order valence-corrected chi connectivity index (χ4v) is 2.33. The molecule has 24 heavy (non-hydrogen) atoms. The molecular formula is C17H16ClN5O. The first-order valence-corrected chi connectivity index (χ1v) is 7.70. The average molecular weight is 342 g/mol. The van der Waals surface area contributed by atoms with E-state index in [1.807, 2.05) is 24.3 Å². The van der Waals surface area contributed by atoms with Crippen LogP contribution >= 0.6 is 11.6 Å². The average Bonchev–Trinajstić information content (AvgIpc) is 2.61. The zero-order valence-corrected chi connectivity index (χ0v) is 13.8. The highest BCUT2D eigenvalue weighted by atomic mass is 35.5. The van der Waals surface area contributed by atoms with Crippen molar-refractivity contribution in [2.75, 3.05) is 17.7 Å². The lowest BCUT2D eigenvalue weighted by Gasteiger charge is -2.09. The second-order valence-electron chi connectivity index (χ2n) is 4.91. The molecule has 0 saturated heterocycles. The summed E-state index contributed by atoms with van der Waals surface area (Å²) < 4.78 is 5.14. The Balaban J connectivity index is 1.67. The largest absolute Gasteiger partial charge is 0.495 e. The summed E-state index contributed by atoms with van der Waals surface area (Å²) in [6.45, 7) is 0.589. The van der Waals surface area contributed by atoms with E-state index in [1.54, 1.807) is 37.7 Å². The molecule has 0 amide bonds.